The number of carbonyl (C=O) groups is 3. The van der Waals surface area contributed by atoms with Crippen LogP contribution in [0.4, 0.5) is 4.39 Å². The summed E-state index contributed by atoms with van der Waals surface area (Å²) in [5.41, 5.74) is -0.902. The highest BCUT2D eigenvalue weighted by Gasteiger charge is 2.33. The third-order valence-corrected chi connectivity index (χ3v) is 5.56. The molecule has 1 saturated heterocycles. The lowest BCUT2D eigenvalue weighted by molar-refractivity contribution is -0.125. The van der Waals surface area contributed by atoms with E-state index in [-0.39, 0.29) is 30.4 Å². The molecule has 1 aromatic heterocycles. The minimum Gasteiger partial charge on any atom is -0.496 e. The number of rotatable bonds is 9. The molecule has 3 atom stereocenters. The van der Waals surface area contributed by atoms with Crippen molar-refractivity contribution in [2.24, 2.45) is 5.92 Å². The van der Waals surface area contributed by atoms with Crippen LogP contribution in [0.25, 0.3) is 10.9 Å². The van der Waals surface area contributed by atoms with Gasteiger partial charge in [-0.1, -0.05) is 6.07 Å². The van der Waals surface area contributed by atoms with Crippen molar-refractivity contribution >= 4 is 28.6 Å². The van der Waals surface area contributed by atoms with E-state index in [0.29, 0.717) is 29.6 Å². The summed E-state index contributed by atoms with van der Waals surface area (Å²) in [4.78, 5) is 40.6. The number of H-pyrrole nitrogens is 1. The summed E-state index contributed by atoms with van der Waals surface area (Å²) in [5.74, 6) is -1.24. The molecular formula is C23H28FN5O4. The predicted molar refractivity (Wildman–Crippen MR) is 119 cm³/mol. The second kappa shape index (κ2) is 9.90. The van der Waals surface area contributed by atoms with Crippen LogP contribution in [0.15, 0.2) is 24.3 Å². The maximum atomic E-state index is 14.4. The maximum absolute atomic E-state index is 14.4. The highest BCUT2D eigenvalue weighted by atomic mass is 19.1. The first-order chi connectivity index (χ1) is 15.6. The molecule has 4 N–H and O–H groups in total. The summed E-state index contributed by atoms with van der Waals surface area (Å²) >= 11 is 0. The highest BCUT2D eigenvalue weighted by Crippen LogP contribution is 2.26. The molecule has 1 aliphatic heterocycles. The Morgan fingerprint density at radius 3 is 2.73 bits per heavy atom. The molecule has 1 fully saturated rings. The first-order valence-electron chi connectivity index (χ1n) is 10.7. The first kappa shape index (κ1) is 24.0. The molecular weight excluding hydrogens is 429 g/mol. The lowest BCUT2D eigenvalue weighted by Gasteiger charge is -2.25. The lowest BCUT2D eigenvalue weighted by Crippen LogP contribution is -2.51. The van der Waals surface area contributed by atoms with Gasteiger partial charge in [0, 0.05) is 29.8 Å². The van der Waals surface area contributed by atoms with E-state index in [1.54, 1.807) is 24.3 Å². The quantitative estimate of drug-likeness (QED) is 0.456. The summed E-state index contributed by atoms with van der Waals surface area (Å²) in [5, 5.41) is 17.9. The van der Waals surface area contributed by atoms with E-state index in [1.165, 1.54) is 21.0 Å². The molecule has 0 radical (unpaired) electrons. The van der Waals surface area contributed by atoms with Gasteiger partial charge in [-0.25, -0.2) is 4.39 Å². The molecule has 0 saturated carbocycles. The van der Waals surface area contributed by atoms with Crippen LogP contribution < -0.4 is 20.7 Å². The number of alkyl halides is 1. The van der Waals surface area contributed by atoms with Crippen LogP contribution in [0.3, 0.4) is 0 Å². The lowest BCUT2D eigenvalue weighted by atomic mass is 9.97. The number of hydrogen-bond donors (Lipinski definition) is 4. The Labute approximate surface area is 191 Å². The Hall–Kier alpha value is -3.61. The van der Waals surface area contributed by atoms with Crippen LogP contribution in [0.2, 0.25) is 0 Å². The van der Waals surface area contributed by atoms with Gasteiger partial charge in [-0.05, 0) is 44.9 Å². The largest absolute Gasteiger partial charge is 0.496 e. The molecule has 3 rings (SSSR count). The molecule has 33 heavy (non-hydrogen) atoms. The smallest absolute Gasteiger partial charge is 0.268 e. The minimum atomic E-state index is -1.76. The number of nitrogens with one attached hydrogen (secondary N) is 4. The Morgan fingerprint density at radius 2 is 2.12 bits per heavy atom. The van der Waals surface area contributed by atoms with Crippen molar-refractivity contribution in [2.75, 3.05) is 13.7 Å². The number of amides is 3. The van der Waals surface area contributed by atoms with E-state index in [9.17, 15) is 24.0 Å². The second-order valence-corrected chi connectivity index (χ2v) is 8.76. The Morgan fingerprint density at radius 1 is 1.36 bits per heavy atom. The van der Waals surface area contributed by atoms with Gasteiger partial charge in [-0.2, -0.15) is 5.26 Å². The summed E-state index contributed by atoms with van der Waals surface area (Å²) in [6, 6.07) is 6.71. The Kier molecular flexibility index (Phi) is 7.21. The van der Waals surface area contributed by atoms with Crippen LogP contribution in [0.5, 0.6) is 5.75 Å². The number of halogens is 1. The molecule has 0 bridgehead atoms. The number of carbonyl (C=O) groups excluding carboxylic acids is 3. The van der Waals surface area contributed by atoms with Crippen molar-refractivity contribution < 1.29 is 23.5 Å². The average molecular weight is 458 g/mol. The van der Waals surface area contributed by atoms with Crippen LogP contribution >= 0.6 is 0 Å². The van der Waals surface area contributed by atoms with Gasteiger partial charge >= 0.3 is 0 Å². The molecule has 10 heteroatoms. The first-order valence-corrected chi connectivity index (χ1v) is 10.7. The third kappa shape index (κ3) is 6.00. The highest BCUT2D eigenvalue weighted by molar-refractivity contribution is 6.01. The number of benzene rings is 1. The Bertz CT molecular complexity index is 1080. The van der Waals surface area contributed by atoms with Gasteiger partial charge in [-0.15, -0.1) is 0 Å². The van der Waals surface area contributed by atoms with Gasteiger partial charge in [0.2, 0.25) is 11.8 Å². The summed E-state index contributed by atoms with van der Waals surface area (Å²) in [6.45, 7) is 3.13. The van der Waals surface area contributed by atoms with E-state index in [0.717, 1.165) is 0 Å². The summed E-state index contributed by atoms with van der Waals surface area (Å²) in [7, 11) is 1.52. The number of ether oxygens (including phenoxy) is 1. The van der Waals surface area contributed by atoms with Crippen molar-refractivity contribution in [1.29, 1.82) is 5.26 Å². The van der Waals surface area contributed by atoms with Gasteiger partial charge < -0.3 is 25.7 Å². The van der Waals surface area contributed by atoms with Gasteiger partial charge in [0.1, 0.15) is 29.2 Å². The molecule has 0 aliphatic carbocycles. The van der Waals surface area contributed by atoms with Crippen molar-refractivity contribution in [3.63, 3.8) is 0 Å². The van der Waals surface area contributed by atoms with E-state index in [4.69, 9.17) is 4.74 Å². The third-order valence-electron chi connectivity index (χ3n) is 5.56. The molecule has 2 heterocycles. The predicted octanol–water partition coefficient (Wildman–Crippen LogP) is 1.95. The van der Waals surface area contributed by atoms with Crippen LogP contribution in [0, 0.1) is 17.2 Å². The molecule has 2 aromatic rings. The summed E-state index contributed by atoms with van der Waals surface area (Å²) < 4.78 is 19.7. The molecule has 1 aromatic carbocycles. The fourth-order valence-corrected chi connectivity index (χ4v) is 3.93. The van der Waals surface area contributed by atoms with Crippen LogP contribution in [0.1, 0.15) is 43.6 Å². The second-order valence-electron chi connectivity index (χ2n) is 8.76. The number of nitriles is 1. The standard InChI is InChI=1S/C23H28FN5O4/c1-23(2,24)11-18(22(32)27-14(12-25)9-13-7-8-26-20(13)30)29-21(31)17-10-15-16(28-17)5-4-6-19(15)33-3/h4-6,10,13-14,18,28H,7-9,11H2,1-3H3,(H,26,30)(H,27,32)(H,29,31)/t13-,14-,18-/m0/s1. The SMILES string of the molecule is COc1cccc2[nH]c(C(=O)N[C@@H](CC(C)(C)F)C(=O)N[C@H](C#N)C[C@@H]3CCNC3=O)cc12. The number of nitrogens with zero attached hydrogens (tertiary/aromatic N) is 1. The van der Waals surface area contributed by atoms with Gasteiger partial charge in [-0.3, -0.25) is 14.4 Å². The monoisotopic (exact) mass is 457 g/mol. The molecule has 176 valence electrons. The Balaban J connectivity index is 1.74. The average Bonchev–Trinajstić information content (AvgIpc) is 3.37. The molecule has 9 nitrogen and oxygen atoms in total. The zero-order valence-corrected chi connectivity index (χ0v) is 18.8. The van der Waals surface area contributed by atoms with Crippen molar-refractivity contribution in [3.05, 3.63) is 30.0 Å². The maximum Gasteiger partial charge on any atom is 0.268 e. The van der Waals surface area contributed by atoms with Crippen molar-refractivity contribution in [3.8, 4) is 11.8 Å². The fourth-order valence-electron chi connectivity index (χ4n) is 3.93. The van der Waals surface area contributed by atoms with E-state index >= 15 is 0 Å². The number of aromatic nitrogens is 1. The van der Waals surface area contributed by atoms with Crippen molar-refractivity contribution in [1.82, 2.24) is 20.9 Å². The zero-order valence-electron chi connectivity index (χ0n) is 18.8. The van der Waals surface area contributed by atoms with E-state index in [1.807, 2.05) is 6.07 Å². The van der Waals surface area contributed by atoms with Crippen molar-refractivity contribution in [2.45, 2.75) is 50.9 Å². The number of fused-ring (bicyclic) bond motifs is 1. The van der Waals surface area contributed by atoms with Crippen LogP contribution in [-0.2, 0) is 9.59 Å². The summed E-state index contributed by atoms with van der Waals surface area (Å²) in [6.07, 6.45) is 0.431. The number of methoxy groups -OCH3 is 1. The molecule has 1 aliphatic rings. The van der Waals surface area contributed by atoms with E-state index < -0.39 is 29.6 Å². The zero-order chi connectivity index (χ0) is 24.2. The minimum absolute atomic E-state index is 0.148. The van der Waals surface area contributed by atoms with Gasteiger partial charge in [0.25, 0.3) is 5.91 Å². The number of hydrogen-bond acceptors (Lipinski definition) is 5. The topological polar surface area (TPSA) is 136 Å². The number of aromatic amines is 1. The van der Waals surface area contributed by atoms with Crippen LogP contribution in [-0.4, -0.2) is 54.1 Å². The molecule has 0 unspecified atom stereocenters. The molecule has 0 spiro atoms. The van der Waals surface area contributed by atoms with E-state index in [2.05, 4.69) is 20.9 Å². The molecule has 3 amide bonds. The van der Waals surface area contributed by atoms with Gasteiger partial charge in [0.05, 0.1) is 13.2 Å². The fraction of sp³-hybridized carbons (Fsp3) is 0.478. The van der Waals surface area contributed by atoms with Gasteiger partial charge in [0.15, 0.2) is 0 Å². The normalized spacial score (nSPS) is 17.7.